The Kier molecular flexibility index (Phi) is 4.26. The van der Waals surface area contributed by atoms with Gasteiger partial charge in [-0.25, -0.2) is 4.68 Å². The first-order chi connectivity index (χ1) is 10.4. The molecule has 0 saturated heterocycles. The largest absolute Gasteiger partial charge is 0.436 e. The molecule has 1 heterocycles. The topological polar surface area (TPSA) is 41.6 Å². The first kappa shape index (κ1) is 17.4. The van der Waals surface area contributed by atoms with E-state index in [0.717, 1.165) is 0 Å². The van der Waals surface area contributed by atoms with Crippen LogP contribution < -0.4 is 0 Å². The molecule has 122 valence electrons. The Bertz CT molecular complexity index is 778. The lowest BCUT2D eigenvalue weighted by molar-refractivity contribution is -0.141. The highest BCUT2D eigenvalue weighted by Crippen LogP contribution is 2.38. The maximum atomic E-state index is 12.7. The van der Waals surface area contributed by atoms with Crippen molar-refractivity contribution in [3.8, 4) is 11.8 Å². The van der Waals surface area contributed by atoms with E-state index in [4.69, 9.17) is 28.5 Å². The van der Waals surface area contributed by atoms with Crippen molar-refractivity contribution in [1.82, 2.24) is 9.78 Å². The Balaban J connectivity index is 2.65. The van der Waals surface area contributed by atoms with E-state index in [-0.39, 0.29) is 0 Å². The van der Waals surface area contributed by atoms with E-state index in [2.05, 4.69) is 5.10 Å². The van der Waals surface area contributed by atoms with E-state index < -0.39 is 44.9 Å². The van der Waals surface area contributed by atoms with Crippen LogP contribution in [0.4, 0.5) is 26.3 Å². The monoisotopic (exact) mass is 373 g/mol. The maximum absolute atomic E-state index is 12.7. The Morgan fingerprint density at radius 2 is 1.52 bits per heavy atom. The van der Waals surface area contributed by atoms with Crippen molar-refractivity contribution in [1.29, 1.82) is 5.26 Å². The Hall–Kier alpha value is -1.92. The molecule has 11 heteroatoms. The summed E-state index contributed by atoms with van der Waals surface area (Å²) in [7, 11) is 0. The lowest BCUT2D eigenvalue weighted by atomic mass is 10.2. The fourth-order valence-electron chi connectivity index (χ4n) is 1.73. The summed E-state index contributed by atoms with van der Waals surface area (Å²) in [4.78, 5) is 0. The number of aromatic nitrogens is 2. The summed E-state index contributed by atoms with van der Waals surface area (Å²) in [5, 5.41) is 10.7. The number of hydrogen-bond donors (Lipinski definition) is 0. The SMILES string of the molecule is N#Cc1cn(-c2c(Cl)cc(C(F)(F)F)cc2Cl)nc1C(F)(F)F. The maximum Gasteiger partial charge on any atom is 0.436 e. The molecule has 0 N–H and O–H groups in total. The van der Waals surface area contributed by atoms with Gasteiger partial charge in [0.1, 0.15) is 17.3 Å². The van der Waals surface area contributed by atoms with Crippen molar-refractivity contribution in [3.05, 3.63) is 45.2 Å². The van der Waals surface area contributed by atoms with Gasteiger partial charge >= 0.3 is 12.4 Å². The predicted octanol–water partition coefficient (Wildman–Crippen LogP) is 5.09. The molecule has 0 saturated carbocycles. The van der Waals surface area contributed by atoms with E-state index in [1.165, 1.54) is 6.07 Å². The third-order valence-corrected chi connectivity index (χ3v) is 3.25. The predicted molar refractivity (Wildman–Crippen MR) is 68.3 cm³/mol. The van der Waals surface area contributed by atoms with Gasteiger partial charge in [-0.05, 0) is 12.1 Å². The fraction of sp³-hybridized carbons (Fsp3) is 0.167. The zero-order valence-corrected chi connectivity index (χ0v) is 12.1. The van der Waals surface area contributed by atoms with Crippen LogP contribution in [0.1, 0.15) is 16.8 Å². The van der Waals surface area contributed by atoms with Gasteiger partial charge < -0.3 is 0 Å². The van der Waals surface area contributed by atoms with E-state index in [0.29, 0.717) is 23.0 Å². The van der Waals surface area contributed by atoms with Crippen LogP contribution in [0.5, 0.6) is 0 Å². The van der Waals surface area contributed by atoms with Crippen LogP contribution >= 0.6 is 23.2 Å². The zero-order chi connectivity index (χ0) is 17.6. The lowest BCUT2D eigenvalue weighted by Crippen LogP contribution is -2.10. The standard InChI is InChI=1S/C12H3Cl2F6N3/c13-7-1-6(11(15,16)17)2-8(14)9(7)23-4-5(3-21)10(22-23)12(18,19)20/h1-2,4H. The molecule has 0 aliphatic rings. The van der Waals surface area contributed by atoms with Crippen molar-refractivity contribution in [2.75, 3.05) is 0 Å². The molecular weight excluding hydrogens is 371 g/mol. The van der Waals surface area contributed by atoms with Crippen LogP contribution in [0.2, 0.25) is 10.0 Å². The Morgan fingerprint density at radius 3 is 1.87 bits per heavy atom. The molecule has 2 rings (SSSR count). The van der Waals surface area contributed by atoms with E-state index in [1.54, 1.807) is 0 Å². The number of alkyl halides is 6. The number of nitriles is 1. The molecular formula is C12H3Cl2F6N3. The molecule has 3 nitrogen and oxygen atoms in total. The minimum absolute atomic E-state index is 0.395. The summed E-state index contributed by atoms with van der Waals surface area (Å²) < 4.78 is 76.6. The molecule has 1 aromatic heterocycles. The van der Waals surface area contributed by atoms with Crippen LogP contribution in [-0.2, 0) is 12.4 Å². The van der Waals surface area contributed by atoms with Gasteiger partial charge in [0.2, 0.25) is 0 Å². The summed E-state index contributed by atoms with van der Waals surface area (Å²) in [5.41, 5.74) is -3.87. The molecule has 0 aliphatic heterocycles. The van der Waals surface area contributed by atoms with Gasteiger partial charge in [0.25, 0.3) is 0 Å². The smallest absolute Gasteiger partial charge is 0.236 e. The van der Waals surface area contributed by atoms with Crippen LogP contribution in [-0.4, -0.2) is 9.78 Å². The first-order valence-electron chi connectivity index (χ1n) is 5.58. The summed E-state index contributed by atoms with van der Waals surface area (Å²) >= 11 is 11.4. The van der Waals surface area contributed by atoms with Gasteiger partial charge in [0, 0.05) is 6.20 Å². The Morgan fingerprint density at radius 1 is 1.00 bits per heavy atom. The molecule has 0 unspecified atom stereocenters. The van der Waals surface area contributed by atoms with Gasteiger partial charge in [-0.15, -0.1) is 0 Å². The lowest BCUT2D eigenvalue weighted by Gasteiger charge is -2.12. The second-order valence-corrected chi connectivity index (χ2v) is 5.05. The van der Waals surface area contributed by atoms with Gasteiger partial charge in [0.05, 0.1) is 15.6 Å². The second-order valence-electron chi connectivity index (χ2n) is 4.23. The van der Waals surface area contributed by atoms with Gasteiger partial charge in [0.15, 0.2) is 5.69 Å². The summed E-state index contributed by atoms with van der Waals surface area (Å²) in [6, 6.07) is 2.30. The van der Waals surface area contributed by atoms with Gasteiger partial charge in [-0.3, -0.25) is 0 Å². The quantitative estimate of drug-likeness (QED) is 0.653. The number of hydrogen-bond acceptors (Lipinski definition) is 2. The van der Waals surface area contributed by atoms with E-state index in [9.17, 15) is 26.3 Å². The van der Waals surface area contributed by atoms with Crippen LogP contribution in [0, 0.1) is 11.3 Å². The summed E-state index contributed by atoms with van der Waals surface area (Å²) in [6.45, 7) is 0. The van der Waals surface area contributed by atoms with E-state index >= 15 is 0 Å². The minimum Gasteiger partial charge on any atom is -0.236 e. The minimum atomic E-state index is -4.92. The summed E-state index contributed by atoms with van der Waals surface area (Å²) in [6.07, 6.45) is -8.96. The van der Waals surface area contributed by atoms with Crippen LogP contribution in [0.25, 0.3) is 5.69 Å². The molecule has 1 aromatic carbocycles. The van der Waals surface area contributed by atoms with Crippen molar-refractivity contribution >= 4 is 23.2 Å². The second kappa shape index (κ2) is 5.62. The fourth-order valence-corrected chi connectivity index (χ4v) is 2.39. The molecule has 0 fully saturated rings. The van der Waals surface area contributed by atoms with Crippen molar-refractivity contribution < 1.29 is 26.3 Å². The number of benzene rings is 1. The van der Waals surface area contributed by atoms with Gasteiger partial charge in [-0.1, -0.05) is 23.2 Å². The van der Waals surface area contributed by atoms with Crippen molar-refractivity contribution in [2.45, 2.75) is 12.4 Å². The molecule has 0 aliphatic carbocycles. The molecule has 0 atom stereocenters. The Labute approximate surface area is 134 Å². The molecule has 2 aromatic rings. The third kappa shape index (κ3) is 3.38. The zero-order valence-electron chi connectivity index (χ0n) is 10.6. The molecule has 0 spiro atoms. The third-order valence-electron chi connectivity index (χ3n) is 2.68. The molecule has 0 radical (unpaired) electrons. The van der Waals surface area contributed by atoms with Crippen molar-refractivity contribution in [3.63, 3.8) is 0 Å². The molecule has 0 amide bonds. The van der Waals surface area contributed by atoms with Crippen LogP contribution in [0.3, 0.4) is 0 Å². The number of rotatable bonds is 1. The summed E-state index contributed by atoms with van der Waals surface area (Å²) in [5.74, 6) is 0. The molecule has 0 bridgehead atoms. The van der Waals surface area contributed by atoms with Gasteiger partial charge in [-0.2, -0.15) is 36.7 Å². The highest BCUT2D eigenvalue weighted by molar-refractivity contribution is 6.37. The number of halogens is 8. The normalized spacial score (nSPS) is 12.3. The average molecular weight is 374 g/mol. The van der Waals surface area contributed by atoms with E-state index in [1.807, 2.05) is 0 Å². The van der Waals surface area contributed by atoms with Crippen molar-refractivity contribution in [2.24, 2.45) is 0 Å². The average Bonchev–Trinajstić information content (AvgIpc) is 2.80. The highest BCUT2D eigenvalue weighted by atomic mass is 35.5. The first-order valence-corrected chi connectivity index (χ1v) is 6.34. The molecule has 23 heavy (non-hydrogen) atoms. The highest BCUT2D eigenvalue weighted by Gasteiger charge is 2.38. The number of nitrogens with zero attached hydrogens (tertiary/aromatic N) is 3. The van der Waals surface area contributed by atoms with Crippen LogP contribution in [0.15, 0.2) is 18.3 Å².